The standard InChI is InChI=1S/C26H21ClF3N5O/c1-13-21(27)22(35-23(24(29)30)17-8-14(10-31)4-6-19(17)28)18-9-15(5-7-20(18)34-13)16-11-32-25(33-12-16)26(2,3)36/h4-9,11-12,23-24,36H,1-3H3,(H,34,35)/t23-/m1/s1. The molecular formula is C26H21ClF3N5O. The molecule has 6 nitrogen and oxygen atoms in total. The van der Waals surface area contributed by atoms with E-state index in [-0.39, 0.29) is 27.7 Å². The Hall–Kier alpha value is -3.74. The predicted molar refractivity (Wildman–Crippen MR) is 131 cm³/mol. The average Bonchev–Trinajstić information content (AvgIpc) is 2.84. The van der Waals surface area contributed by atoms with Gasteiger partial charge < -0.3 is 10.4 Å². The van der Waals surface area contributed by atoms with Crippen LogP contribution >= 0.6 is 11.6 Å². The fourth-order valence-corrected chi connectivity index (χ4v) is 3.96. The zero-order valence-corrected chi connectivity index (χ0v) is 20.3. The molecule has 0 fully saturated rings. The van der Waals surface area contributed by atoms with Crippen molar-refractivity contribution in [2.75, 3.05) is 5.32 Å². The van der Waals surface area contributed by atoms with Crippen molar-refractivity contribution in [3.8, 4) is 17.2 Å². The average molecular weight is 512 g/mol. The van der Waals surface area contributed by atoms with Gasteiger partial charge in [-0.25, -0.2) is 23.1 Å². The molecule has 0 radical (unpaired) electrons. The number of pyridine rings is 1. The van der Waals surface area contributed by atoms with Crippen LogP contribution in [0.3, 0.4) is 0 Å². The number of nitrogens with one attached hydrogen (secondary N) is 1. The molecule has 0 amide bonds. The van der Waals surface area contributed by atoms with E-state index in [1.807, 2.05) is 6.07 Å². The van der Waals surface area contributed by atoms with Crippen molar-refractivity contribution < 1.29 is 18.3 Å². The van der Waals surface area contributed by atoms with E-state index in [0.29, 0.717) is 27.7 Å². The molecule has 184 valence electrons. The van der Waals surface area contributed by atoms with Gasteiger partial charge in [0.05, 0.1) is 33.6 Å². The zero-order valence-electron chi connectivity index (χ0n) is 19.5. The molecule has 0 unspecified atom stereocenters. The van der Waals surface area contributed by atoms with Crippen molar-refractivity contribution in [1.82, 2.24) is 15.0 Å². The lowest BCUT2D eigenvalue weighted by Gasteiger charge is -2.23. The smallest absolute Gasteiger partial charge is 0.262 e. The van der Waals surface area contributed by atoms with Gasteiger partial charge in [0.1, 0.15) is 17.5 Å². The van der Waals surface area contributed by atoms with Crippen molar-refractivity contribution >= 4 is 28.2 Å². The van der Waals surface area contributed by atoms with E-state index in [1.165, 1.54) is 6.07 Å². The molecule has 0 aliphatic carbocycles. The van der Waals surface area contributed by atoms with Crippen molar-refractivity contribution in [2.24, 2.45) is 0 Å². The lowest BCUT2D eigenvalue weighted by atomic mass is 10.0. The van der Waals surface area contributed by atoms with Gasteiger partial charge in [-0.05, 0) is 56.7 Å². The van der Waals surface area contributed by atoms with Crippen LogP contribution in [0.5, 0.6) is 0 Å². The topological polar surface area (TPSA) is 94.7 Å². The van der Waals surface area contributed by atoms with E-state index in [0.717, 1.165) is 12.1 Å². The maximum Gasteiger partial charge on any atom is 0.262 e. The number of aromatic nitrogens is 3. The van der Waals surface area contributed by atoms with Crippen molar-refractivity contribution in [1.29, 1.82) is 5.26 Å². The third kappa shape index (κ3) is 4.96. The highest BCUT2D eigenvalue weighted by molar-refractivity contribution is 6.35. The second-order valence-electron chi connectivity index (χ2n) is 8.78. The second kappa shape index (κ2) is 9.72. The van der Waals surface area contributed by atoms with Crippen LogP contribution in [0.25, 0.3) is 22.0 Å². The summed E-state index contributed by atoms with van der Waals surface area (Å²) >= 11 is 6.51. The molecule has 4 aromatic rings. The molecule has 1 atom stereocenters. The van der Waals surface area contributed by atoms with Crippen LogP contribution in [0.2, 0.25) is 5.02 Å². The molecule has 2 N–H and O–H groups in total. The quantitative estimate of drug-likeness (QED) is 0.315. The van der Waals surface area contributed by atoms with Gasteiger partial charge in [-0.1, -0.05) is 17.7 Å². The predicted octanol–water partition coefficient (Wildman–Crippen LogP) is 6.31. The Balaban J connectivity index is 1.84. The van der Waals surface area contributed by atoms with Gasteiger partial charge in [0.15, 0.2) is 5.82 Å². The molecule has 0 bridgehead atoms. The van der Waals surface area contributed by atoms with Crippen LogP contribution < -0.4 is 5.32 Å². The first-order valence-electron chi connectivity index (χ1n) is 10.9. The summed E-state index contributed by atoms with van der Waals surface area (Å²) in [6.07, 6.45) is 0.0735. The molecule has 0 saturated heterocycles. The van der Waals surface area contributed by atoms with Crippen LogP contribution in [-0.4, -0.2) is 26.5 Å². The van der Waals surface area contributed by atoms with Crippen LogP contribution in [0.1, 0.15) is 42.5 Å². The fourth-order valence-electron chi connectivity index (χ4n) is 3.76. The third-order valence-electron chi connectivity index (χ3n) is 5.64. The summed E-state index contributed by atoms with van der Waals surface area (Å²) in [5.74, 6) is -0.626. The second-order valence-corrected chi connectivity index (χ2v) is 9.16. The summed E-state index contributed by atoms with van der Waals surface area (Å²) in [7, 11) is 0. The molecular weight excluding hydrogens is 491 g/mol. The normalized spacial score (nSPS) is 12.6. The number of anilines is 1. The maximum atomic E-state index is 14.6. The number of aryl methyl sites for hydroxylation is 1. The van der Waals surface area contributed by atoms with Gasteiger partial charge in [0, 0.05) is 28.9 Å². The number of hydrogen-bond donors (Lipinski definition) is 2. The number of hydrogen-bond acceptors (Lipinski definition) is 6. The molecule has 0 aliphatic heterocycles. The third-order valence-corrected chi connectivity index (χ3v) is 6.10. The number of rotatable bonds is 6. The zero-order chi connectivity index (χ0) is 26.2. The van der Waals surface area contributed by atoms with Crippen LogP contribution in [0.15, 0.2) is 48.8 Å². The van der Waals surface area contributed by atoms with Crippen molar-refractivity contribution in [3.05, 3.63) is 82.3 Å². The first kappa shape index (κ1) is 25.4. The fraction of sp³-hybridized carbons (Fsp3) is 0.231. The van der Waals surface area contributed by atoms with Gasteiger partial charge in [0.2, 0.25) is 0 Å². The van der Waals surface area contributed by atoms with Gasteiger partial charge in [-0.15, -0.1) is 0 Å². The molecule has 0 aliphatic rings. The number of nitriles is 1. The number of benzene rings is 2. The lowest BCUT2D eigenvalue weighted by Crippen LogP contribution is -2.21. The summed E-state index contributed by atoms with van der Waals surface area (Å²) in [5, 5.41) is 22.5. The van der Waals surface area contributed by atoms with Gasteiger partial charge >= 0.3 is 0 Å². The highest BCUT2D eigenvalue weighted by Gasteiger charge is 2.28. The Kier molecular flexibility index (Phi) is 6.85. The maximum absolute atomic E-state index is 14.6. The van der Waals surface area contributed by atoms with E-state index in [4.69, 9.17) is 16.9 Å². The van der Waals surface area contributed by atoms with Crippen LogP contribution in [0, 0.1) is 24.1 Å². The largest absolute Gasteiger partial charge is 0.382 e. The van der Waals surface area contributed by atoms with E-state index in [9.17, 15) is 18.3 Å². The Bertz CT molecular complexity index is 1480. The molecule has 2 heterocycles. The van der Waals surface area contributed by atoms with E-state index in [1.54, 1.807) is 51.4 Å². The van der Waals surface area contributed by atoms with Crippen molar-refractivity contribution in [3.63, 3.8) is 0 Å². The first-order chi connectivity index (χ1) is 17.0. The Morgan fingerprint density at radius 3 is 2.39 bits per heavy atom. The summed E-state index contributed by atoms with van der Waals surface area (Å²) in [5.41, 5.74) is 0.796. The summed E-state index contributed by atoms with van der Waals surface area (Å²) < 4.78 is 42.9. The molecule has 4 rings (SSSR count). The molecule has 0 saturated carbocycles. The Morgan fingerprint density at radius 2 is 1.78 bits per heavy atom. The molecule has 2 aromatic heterocycles. The number of fused-ring (bicyclic) bond motifs is 1. The molecule has 10 heteroatoms. The van der Waals surface area contributed by atoms with E-state index < -0.39 is 23.9 Å². The van der Waals surface area contributed by atoms with Gasteiger partial charge in [-0.2, -0.15) is 5.26 Å². The summed E-state index contributed by atoms with van der Waals surface area (Å²) in [4.78, 5) is 12.9. The summed E-state index contributed by atoms with van der Waals surface area (Å²) in [6, 6.07) is 8.53. The summed E-state index contributed by atoms with van der Waals surface area (Å²) in [6.45, 7) is 4.78. The Morgan fingerprint density at radius 1 is 1.08 bits per heavy atom. The minimum Gasteiger partial charge on any atom is -0.382 e. The number of nitrogens with zero attached hydrogens (tertiary/aromatic N) is 4. The Labute approximate surface area is 210 Å². The highest BCUT2D eigenvalue weighted by Crippen LogP contribution is 2.38. The monoisotopic (exact) mass is 511 g/mol. The minimum atomic E-state index is -3.01. The first-order valence-corrected chi connectivity index (χ1v) is 11.3. The van der Waals surface area contributed by atoms with Crippen LogP contribution in [-0.2, 0) is 5.60 Å². The van der Waals surface area contributed by atoms with E-state index in [2.05, 4.69) is 20.3 Å². The van der Waals surface area contributed by atoms with Crippen LogP contribution in [0.4, 0.5) is 18.9 Å². The number of alkyl halides is 2. The van der Waals surface area contributed by atoms with Crippen molar-refractivity contribution in [2.45, 2.75) is 38.8 Å². The molecule has 0 spiro atoms. The SMILES string of the molecule is Cc1nc2ccc(-c3cnc(C(C)(C)O)nc3)cc2c(N[C@H](c2cc(C#N)ccc2F)C(F)F)c1Cl. The minimum absolute atomic E-state index is 0.0532. The van der Waals surface area contributed by atoms with Gasteiger partial charge in [0.25, 0.3) is 6.43 Å². The number of halogens is 4. The van der Waals surface area contributed by atoms with E-state index >= 15 is 0 Å². The lowest BCUT2D eigenvalue weighted by molar-refractivity contribution is 0.0687. The molecule has 2 aromatic carbocycles. The highest BCUT2D eigenvalue weighted by atomic mass is 35.5. The number of aliphatic hydroxyl groups is 1. The molecule has 36 heavy (non-hydrogen) atoms. The van der Waals surface area contributed by atoms with Gasteiger partial charge in [-0.3, -0.25) is 4.98 Å².